The number of hydrogen-bond donors (Lipinski definition) is 0. The van der Waals surface area contributed by atoms with E-state index in [-0.39, 0.29) is 52.1 Å². The van der Waals surface area contributed by atoms with Gasteiger partial charge in [-0.25, -0.2) is 14.6 Å². The van der Waals surface area contributed by atoms with Crippen molar-refractivity contribution in [2.24, 2.45) is 0 Å². The SMILES string of the molecule is CCOCn1cc(F)c(=O)n(C(=O)c2cccc(C(=O)Oc3cc(OC(=O)CC)c(Cl)cn3)c2)c1=O. The third-order valence-electron chi connectivity index (χ3n) is 4.60. The van der Waals surface area contributed by atoms with Gasteiger partial charge in [0, 0.05) is 24.7 Å². The highest BCUT2D eigenvalue weighted by Gasteiger charge is 2.21. The Hall–Kier alpha value is -4.16. The number of benzene rings is 1. The van der Waals surface area contributed by atoms with Crippen LogP contribution < -0.4 is 20.7 Å². The third kappa shape index (κ3) is 5.90. The van der Waals surface area contributed by atoms with Crippen molar-refractivity contribution in [3.8, 4) is 11.6 Å². The summed E-state index contributed by atoms with van der Waals surface area (Å²) in [6.07, 6.45) is 1.84. The van der Waals surface area contributed by atoms with Crippen molar-refractivity contribution in [1.29, 1.82) is 0 Å². The Balaban J connectivity index is 1.90. The highest BCUT2D eigenvalue weighted by atomic mass is 35.5. The first-order chi connectivity index (χ1) is 17.2. The first kappa shape index (κ1) is 26.4. The lowest BCUT2D eigenvalue weighted by atomic mass is 10.1. The predicted octanol–water partition coefficient (Wildman–Crippen LogP) is 2.41. The van der Waals surface area contributed by atoms with E-state index < -0.39 is 34.9 Å². The number of ether oxygens (including phenoxy) is 3. The lowest BCUT2D eigenvalue weighted by Gasteiger charge is -2.10. The Bertz CT molecular complexity index is 1450. The summed E-state index contributed by atoms with van der Waals surface area (Å²) >= 11 is 5.93. The molecule has 0 fully saturated rings. The number of carbonyl (C=O) groups is 3. The second-order valence-corrected chi connectivity index (χ2v) is 7.46. The van der Waals surface area contributed by atoms with Gasteiger partial charge < -0.3 is 14.2 Å². The van der Waals surface area contributed by atoms with Crippen LogP contribution in [0.25, 0.3) is 0 Å². The number of esters is 2. The Kier molecular flexibility index (Phi) is 8.46. The van der Waals surface area contributed by atoms with E-state index in [2.05, 4.69) is 4.98 Å². The van der Waals surface area contributed by atoms with Crippen LogP contribution in [0.5, 0.6) is 11.6 Å². The molecule has 0 N–H and O–H groups in total. The molecule has 0 spiro atoms. The first-order valence-electron chi connectivity index (χ1n) is 10.5. The molecule has 0 amide bonds. The molecule has 3 aromatic rings. The average Bonchev–Trinajstić information content (AvgIpc) is 2.87. The Labute approximate surface area is 207 Å². The van der Waals surface area contributed by atoms with Crippen molar-refractivity contribution in [2.75, 3.05) is 6.61 Å². The molecular formula is C23H19ClFN3O8. The summed E-state index contributed by atoms with van der Waals surface area (Å²) in [4.78, 5) is 65.7. The minimum atomic E-state index is -1.45. The molecule has 2 aromatic heterocycles. The summed E-state index contributed by atoms with van der Waals surface area (Å²) in [5.74, 6) is -4.36. The Morgan fingerprint density at radius 3 is 2.50 bits per heavy atom. The van der Waals surface area contributed by atoms with Gasteiger partial charge in [-0.15, -0.1) is 0 Å². The molecule has 0 atom stereocenters. The predicted molar refractivity (Wildman–Crippen MR) is 123 cm³/mol. The van der Waals surface area contributed by atoms with E-state index >= 15 is 0 Å². The van der Waals surface area contributed by atoms with Crippen molar-refractivity contribution in [2.45, 2.75) is 27.0 Å². The maximum absolute atomic E-state index is 14.1. The van der Waals surface area contributed by atoms with E-state index in [1.165, 1.54) is 18.2 Å². The van der Waals surface area contributed by atoms with E-state index in [0.29, 0.717) is 6.20 Å². The van der Waals surface area contributed by atoms with Gasteiger partial charge in [0.25, 0.3) is 11.5 Å². The maximum atomic E-state index is 14.1. The van der Waals surface area contributed by atoms with Gasteiger partial charge in [0.2, 0.25) is 11.7 Å². The number of carbonyl (C=O) groups excluding carboxylic acids is 3. The Morgan fingerprint density at radius 1 is 1.08 bits per heavy atom. The van der Waals surface area contributed by atoms with Gasteiger partial charge >= 0.3 is 17.6 Å². The molecule has 0 unspecified atom stereocenters. The van der Waals surface area contributed by atoms with E-state index in [4.69, 9.17) is 25.8 Å². The standard InChI is InChI=1S/C23H19ClFN3O8/c1-3-19(29)35-17-9-18(26-10-15(17)24)36-22(32)14-7-5-6-13(8-14)20(30)28-21(31)16(25)11-27(23(28)33)12-34-4-2/h5-11H,3-4,12H2,1-2H3. The molecule has 0 aliphatic rings. The number of rotatable bonds is 8. The van der Waals surface area contributed by atoms with Crippen molar-refractivity contribution >= 4 is 29.4 Å². The number of halogens is 2. The molecule has 13 heteroatoms. The van der Waals surface area contributed by atoms with Crippen LogP contribution in [0.2, 0.25) is 5.02 Å². The number of aromatic nitrogens is 3. The molecule has 0 saturated heterocycles. The fourth-order valence-electron chi connectivity index (χ4n) is 2.82. The monoisotopic (exact) mass is 519 g/mol. The zero-order valence-corrected chi connectivity index (χ0v) is 19.8. The van der Waals surface area contributed by atoms with Gasteiger partial charge in [-0.3, -0.25) is 19.0 Å². The zero-order chi connectivity index (χ0) is 26.4. The minimum absolute atomic E-state index is 0.0136. The molecule has 188 valence electrons. The number of pyridine rings is 1. The minimum Gasteiger partial charge on any atom is -0.425 e. The Morgan fingerprint density at radius 2 is 1.81 bits per heavy atom. The molecule has 1 aromatic carbocycles. The molecule has 11 nitrogen and oxygen atoms in total. The van der Waals surface area contributed by atoms with Crippen LogP contribution >= 0.6 is 11.6 Å². The largest absolute Gasteiger partial charge is 0.425 e. The maximum Gasteiger partial charge on any atom is 0.344 e. The highest BCUT2D eigenvalue weighted by Crippen LogP contribution is 2.27. The summed E-state index contributed by atoms with van der Waals surface area (Å²) < 4.78 is 30.2. The molecule has 36 heavy (non-hydrogen) atoms. The quantitative estimate of drug-likeness (QED) is 0.411. The van der Waals surface area contributed by atoms with E-state index in [0.717, 1.165) is 22.9 Å². The third-order valence-corrected chi connectivity index (χ3v) is 4.89. The van der Waals surface area contributed by atoms with Crippen molar-refractivity contribution in [1.82, 2.24) is 14.1 Å². The average molecular weight is 520 g/mol. The van der Waals surface area contributed by atoms with E-state index in [1.54, 1.807) is 13.8 Å². The number of nitrogens with zero attached hydrogens (tertiary/aromatic N) is 3. The van der Waals surface area contributed by atoms with Gasteiger partial charge in [-0.2, -0.15) is 8.96 Å². The van der Waals surface area contributed by atoms with Gasteiger partial charge in [0.05, 0.1) is 18.0 Å². The second-order valence-electron chi connectivity index (χ2n) is 7.05. The molecule has 0 bridgehead atoms. The van der Waals surface area contributed by atoms with E-state index in [1.807, 2.05) is 0 Å². The smallest absolute Gasteiger partial charge is 0.344 e. The van der Waals surface area contributed by atoms with Crippen molar-refractivity contribution < 1.29 is 33.0 Å². The van der Waals surface area contributed by atoms with Gasteiger partial charge in [-0.1, -0.05) is 24.6 Å². The molecule has 2 heterocycles. The van der Waals surface area contributed by atoms with Crippen LogP contribution in [0, 0.1) is 5.82 Å². The molecule has 0 aliphatic carbocycles. The normalized spacial score (nSPS) is 10.7. The van der Waals surface area contributed by atoms with Crippen LogP contribution in [-0.4, -0.2) is 38.6 Å². The van der Waals surface area contributed by atoms with Crippen LogP contribution in [0.1, 0.15) is 41.0 Å². The second kappa shape index (κ2) is 11.5. The molecule has 3 rings (SSSR count). The molecule has 0 saturated carbocycles. The van der Waals surface area contributed by atoms with Crippen LogP contribution in [0.15, 0.2) is 52.3 Å². The summed E-state index contributed by atoms with van der Waals surface area (Å²) in [5, 5.41) is 0.0136. The fourth-order valence-corrected chi connectivity index (χ4v) is 2.97. The van der Waals surface area contributed by atoms with Crippen molar-refractivity contribution in [3.63, 3.8) is 0 Å². The van der Waals surface area contributed by atoms with Crippen LogP contribution in [0.3, 0.4) is 0 Å². The number of hydrogen-bond acceptors (Lipinski definition) is 9. The fraction of sp³-hybridized carbons (Fsp3) is 0.217. The summed E-state index contributed by atoms with van der Waals surface area (Å²) in [6, 6.07) is 6.02. The van der Waals surface area contributed by atoms with Gasteiger partial charge in [0.1, 0.15) is 11.8 Å². The lowest BCUT2D eigenvalue weighted by Crippen LogP contribution is -2.45. The first-order valence-corrected chi connectivity index (χ1v) is 10.9. The molecule has 0 radical (unpaired) electrons. The van der Waals surface area contributed by atoms with Crippen molar-refractivity contribution in [3.05, 3.63) is 85.5 Å². The van der Waals surface area contributed by atoms with Crippen LogP contribution in [0.4, 0.5) is 4.39 Å². The summed E-state index contributed by atoms with van der Waals surface area (Å²) in [7, 11) is 0. The van der Waals surface area contributed by atoms with Gasteiger partial charge in [-0.05, 0) is 25.1 Å². The lowest BCUT2D eigenvalue weighted by molar-refractivity contribution is -0.134. The van der Waals surface area contributed by atoms with Crippen LogP contribution in [-0.2, 0) is 16.3 Å². The van der Waals surface area contributed by atoms with E-state index in [9.17, 15) is 28.4 Å². The summed E-state index contributed by atoms with van der Waals surface area (Å²) in [6.45, 7) is 3.05. The summed E-state index contributed by atoms with van der Waals surface area (Å²) in [5.41, 5.74) is -2.99. The topological polar surface area (TPSA) is 136 Å². The zero-order valence-electron chi connectivity index (χ0n) is 19.0. The molecule has 0 aliphatic heterocycles. The molecular weight excluding hydrogens is 501 g/mol. The van der Waals surface area contributed by atoms with Gasteiger partial charge in [0.15, 0.2) is 5.75 Å². The highest BCUT2D eigenvalue weighted by molar-refractivity contribution is 6.32.